The highest BCUT2D eigenvalue weighted by atomic mass is 35.5. The fourth-order valence-corrected chi connectivity index (χ4v) is 7.65. The number of nitrogens with zero attached hydrogens (tertiary/aromatic N) is 3. The van der Waals surface area contributed by atoms with Crippen LogP contribution in [0.3, 0.4) is 0 Å². The van der Waals surface area contributed by atoms with Crippen LogP contribution in [-0.2, 0) is 25.8 Å². The van der Waals surface area contributed by atoms with Gasteiger partial charge in [-0.2, -0.15) is 13.2 Å². The van der Waals surface area contributed by atoms with Crippen molar-refractivity contribution in [2.75, 3.05) is 59.2 Å². The van der Waals surface area contributed by atoms with Gasteiger partial charge in [-0.1, -0.05) is 11.6 Å². The minimum absolute atomic E-state index is 0.00984. The second-order valence-corrected chi connectivity index (χ2v) is 13.9. The van der Waals surface area contributed by atoms with Gasteiger partial charge in [0.1, 0.15) is 11.9 Å². The lowest BCUT2D eigenvalue weighted by atomic mass is 10.1. The number of hydrogen-bond acceptors (Lipinski definition) is 7. The largest absolute Gasteiger partial charge is 0.484 e. The van der Waals surface area contributed by atoms with Crippen molar-refractivity contribution >= 4 is 33.0 Å². The van der Waals surface area contributed by atoms with Gasteiger partial charge in [-0.3, -0.25) is 4.79 Å². The lowest BCUT2D eigenvalue weighted by molar-refractivity contribution is -0.173. The number of rotatable bonds is 12. The molecule has 0 aromatic heterocycles. The molecule has 240 valence electrons. The maximum absolute atomic E-state index is 13.3. The molecule has 1 saturated heterocycles. The molecule has 2 aromatic rings. The quantitative estimate of drug-likeness (QED) is 0.264. The van der Waals surface area contributed by atoms with Crippen molar-refractivity contribution < 1.29 is 35.9 Å². The molecule has 44 heavy (non-hydrogen) atoms. The summed E-state index contributed by atoms with van der Waals surface area (Å²) in [5.41, 5.74) is 2.97. The first kappa shape index (κ1) is 34.0. The molecule has 1 fully saturated rings. The van der Waals surface area contributed by atoms with Crippen LogP contribution in [0.4, 0.5) is 18.9 Å². The van der Waals surface area contributed by atoms with Gasteiger partial charge in [0, 0.05) is 24.7 Å². The van der Waals surface area contributed by atoms with Crippen molar-refractivity contribution in [3.05, 3.63) is 63.5 Å². The van der Waals surface area contributed by atoms with Crippen LogP contribution in [0.2, 0.25) is 5.02 Å². The summed E-state index contributed by atoms with van der Waals surface area (Å²) in [6.45, 7) is 11.1. The highest BCUT2D eigenvalue weighted by Gasteiger charge is 2.39. The van der Waals surface area contributed by atoms with Crippen LogP contribution in [0.5, 0.6) is 5.75 Å². The minimum Gasteiger partial charge on any atom is -0.484 e. The Morgan fingerprint density at radius 3 is 2.64 bits per heavy atom. The first-order valence-corrected chi connectivity index (χ1v) is 16.2. The van der Waals surface area contributed by atoms with Gasteiger partial charge in [0.05, 0.1) is 36.5 Å². The van der Waals surface area contributed by atoms with E-state index in [1.807, 2.05) is 27.1 Å². The number of fused-ring (bicyclic) bond motifs is 1. The van der Waals surface area contributed by atoms with Gasteiger partial charge in [-0.25, -0.2) is 13.3 Å². The fraction of sp³-hybridized carbons (Fsp3) is 0.533. The molecule has 3 atom stereocenters. The predicted octanol–water partition coefficient (Wildman–Crippen LogP) is 4.60. The van der Waals surface area contributed by atoms with Crippen molar-refractivity contribution in [1.29, 1.82) is 0 Å². The van der Waals surface area contributed by atoms with E-state index >= 15 is 0 Å². The zero-order chi connectivity index (χ0) is 32.2. The SMILES string of the molecule is [C-]#[N+]c1cc(Cl)cc2c1C[C@H](N(C)C)[C@H]2Oc1ccc(S(=O)(=O)C[C@H]2CCN(CCOCCNC(=O)C(F)(F)F)C2)cc1C. The van der Waals surface area contributed by atoms with Gasteiger partial charge in [-0.15, -0.1) is 0 Å². The molecule has 0 bridgehead atoms. The van der Waals surface area contributed by atoms with E-state index in [4.69, 9.17) is 27.6 Å². The third-order valence-corrected chi connectivity index (χ3v) is 10.1. The number of hydrogen-bond donors (Lipinski definition) is 1. The number of amides is 1. The summed E-state index contributed by atoms with van der Waals surface area (Å²) in [6, 6.07) is 8.35. The van der Waals surface area contributed by atoms with Gasteiger partial charge in [-0.05, 0) is 93.3 Å². The molecule has 1 heterocycles. The number of ether oxygens (including phenoxy) is 2. The van der Waals surface area contributed by atoms with Crippen LogP contribution in [0.1, 0.15) is 29.2 Å². The average Bonchev–Trinajstić information content (AvgIpc) is 3.54. The number of likely N-dealkylation sites (N-methyl/N-ethyl adjacent to an activating group) is 1. The minimum atomic E-state index is -4.92. The molecular formula is C30H36ClF3N4O5S. The summed E-state index contributed by atoms with van der Waals surface area (Å²) in [5, 5.41) is 2.21. The van der Waals surface area contributed by atoms with E-state index in [0.717, 1.165) is 11.1 Å². The molecule has 0 spiro atoms. The maximum Gasteiger partial charge on any atom is 0.471 e. The molecule has 2 aliphatic rings. The van der Waals surface area contributed by atoms with Crippen LogP contribution in [0.15, 0.2) is 35.2 Å². The van der Waals surface area contributed by atoms with Gasteiger partial charge >= 0.3 is 12.1 Å². The van der Waals surface area contributed by atoms with Gasteiger partial charge < -0.3 is 24.6 Å². The van der Waals surface area contributed by atoms with Crippen molar-refractivity contribution in [1.82, 2.24) is 15.1 Å². The molecule has 2 aromatic carbocycles. The molecule has 1 aliphatic heterocycles. The predicted molar refractivity (Wildman–Crippen MR) is 160 cm³/mol. The monoisotopic (exact) mass is 656 g/mol. The van der Waals surface area contributed by atoms with Crippen molar-refractivity contribution in [2.24, 2.45) is 5.92 Å². The number of nitrogens with one attached hydrogen (secondary N) is 1. The number of aryl methyl sites for hydroxylation is 1. The van der Waals surface area contributed by atoms with Crippen LogP contribution >= 0.6 is 11.6 Å². The number of benzene rings is 2. The molecule has 4 rings (SSSR count). The second-order valence-electron chi connectivity index (χ2n) is 11.4. The highest BCUT2D eigenvalue weighted by Crippen LogP contribution is 2.44. The van der Waals surface area contributed by atoms with E-state index in [1.165, 1.54) is 0 Å². The molecule has 1 N–H and O–H groups in total. The summed E-state index contributed by atoms with van der Waals surface area (Å²) in [5.74, 6) is -1.52. The first-order chi connectivity index (χ1) is 20.7. The smallest absolute Gasteiger partial charge is 0.471 e. The number of carbonyl (C=O) groups excluding carboxylic acids is 1. The average molecular weight is 657 g/mol. The van der Waals surface area contributed by atoms with E-state index in [0.29, 0.717) is 54.5 Å². The molecular weight excluding hydrogens is 621 g/mol. The number of carbonyl (C=O) groups is 1. The molecule has 1 aliphatic carbocycles. The Morgan fingerprint density at radius 2 is 1.98 bits per heavy atom. The number of sulfone groups is 1. The molecule has 0 radical (unpaired) electrons. The van der Waals surface area contributed by atoms with Crippen LogP contribution in [-0.4, -0.2) is 95.6 Å². The zero-order valence-electron chi connectivity index (χ0n) is 24.8. The maximum atomic E-state index is 13.3. The van der Waals surface area contributed by atoms with Crippen LogP contribution in [0.25, 0.3) is 4.85 Å². The van der Waals surface area contributed by atoms with Crippen molar-refractivity contribution in [3.63, 3.8) is 0 Å². The first-order valence-electron chi connectivity index (χ1n) is 14.2. The summed E-state index contributed by atoms with van der Waals surface area (Å²) < 4.78 is 75.0. The van der Waals surface area contributed by atoms with E-state index in [9.17, 15) is 26.4 Å². The molecule has 14 heteroatoms. The van der Waals surface area contributed by atoms with E-state index < -0.39 is 21.9 Å². The number of halogens is 4. The Morgan fingerprint density at radius 1 is 1.23 bits per heavy atom. The Hall–Kier alpha value is -2.89. The normalized spacial score (nSPS) is 20.5. The zero-order valence-corrected chi connectivity index (χ0v) is 26.4. The number of alkyl halides is 3. The third-order valence-electron chi connectivity index (χ3n) is 8.00. The molecule has 0 unspecified atom stereocenters. The van der Waals surface area contributed by atoms with Gasteiger partial charge in [0.15, 0.2) is 15.5 Å². The topological polar surface area (TPSA) is 92.5 Å². The lowest BCUT2D eigenvalue weighted by Gasteiger charge is -2.28. The van der Waals surface area contributed by atoms with E-state index in [2.05, 4.69) is 14.6 Å². The van der Waals surface area contributed by atoms with E-state index in [-0.39, 0.29) is 48.5 Å². The fourth-order valence-electron chi connectivity index (χ4n) is 5.71. The summed E-state index contributed by atoms with van der Waals surface area (Å²) in [4.78, 5) is 18.8. The second kappa shape index (κ2) is 14.0. The standard InChI is InChI=1S/C30H36ClF3N4O5S/c1-19-13-22(5-6-27(19)43-28-24-14-21(31)15-25(35-2)23(24)16-26(28)37(3)4)44(40,41)18-20-7-9-38(17-20)10-12-42-11-8-36-29(39)30(32,33)34/h5-6,13-15,20,26,28H,7-12,16-18H2,1,3-4H3,(H,36,39)/t20-,26-,28-/m0/s1. The molecule has 9 nitrogen and oxygen atoms in total. The molecule has 0 saturated carbocycles. The van der Waals surface area contributed by atoms with Crippen LogP contribution < -0.4 is 10.1 Å². The Bertz CT molecular complexity index is 1510. The third kappa shape index (κ3) is 8.22. The Labute approximate surface area is 261 Å². The highest BCUT2D eigenvalue weighted by molar-refractivity contribution is 7.91. The Balaban J connectivity index is 1.32. The number of likely N-dealkylation sites (tertiary alicyclic amines) is 1. The molecule has 1 amide bonds. The Kier molecular flexibility index (Phi) is 10.8. The lowest BCUT2D eigenvalue weighted by Crippen LogP contribution is -2.38. The summed E-state index contributed by atoms with van der Waals surface area (Å²) in [7, 11) is 0.329. The summed E-state index contributed by atoms with van der Waals surface area (Å²) in [6.07, 6.45) is -3.97. The van der Waals surface area contributed by atoms with Gasteiger partial charge in [0.2, 0.25) is 0 Å². The van der Waals surface area contributed by atoms with Crippen molar-refractivity contribution in [3.8, 4) is 5.75 Å². The summed E-state index contributed by atoms with van der Waals surface area (Å²) >= 11 is 6.32. The van der Waals surface area contributed by atoms with E-state index in [1.54, 1.807) is 29.6 Å². The van der Waals surface area contributed by atoms with Crippen LogP contribution in [0, 0.1) is 19.4 Å². The van der Waals surface area contributed by atoms with Crippen molar-refractivity contribution in [2.45, 2.75) is 43.0 Å². The van der Waals surface area contributed by atoms with Gasteiger partial charge in [0.25, 0.3) is 0 Å².